The molecular weight excluding hydrogens is 490 g/mol. The number of carbonyl (C=O) groups excluding carboxylic acids is 1. The first-order chi connectivity index (χ1) is 17.9. The lowest BCUT2D eigenvalue weighted by Gasteiger charge is -2.43. The Bertz CT molecular complexity index is 820. The fourth-order valence-electron chi connectivity index (χ4n) is 6.25. The smallest absolute Gasteiger partial charge is 0.317 e. The van der Waals surface area contributed by atoms with Gasteiger partial charge in [0.15, 0.2) is 0 Å². The second-order valence-electron chi connectivity index (χ2n) is 11.0. The van der Waals surface area contributed by atoms with Crippen molar-refractivity contribution >= 4 is 17.6 Å². The Hall–Kier alpha value is -1.38. The Labute approximate surface area is 228 Å². The van der Waals surface area contributed by atoms with Crippen LogP contribution in [-0.2, 0) is 15.1 Å². The third kappa shape index (κ3) is 8.82. The summed E-state index contributed by atoms with van der Waals surface area (Å²) >= 11 is 6.32. The van der Waals surface area contributed by atoms with Crippen molar-refractivity contribution in [3.63, 3.8) is 0 Å². The maximum absolute atomic E-state index is 13.4. The van der Waals surface area contributed by atoms with Crippen LogP contribution >= 0.6 is 11.6 Å². The zero-order chi connectivity index (χ0) is 26.7. The van der Waals surface area contributed by atoms with Gasteiger partial charge in [-0.15, -0.1) is 0 Å². The van der Waals surface area contributed by atoms with E-state index in [1.54, 1.807) is 14.2 Å². The molecule has 3 unspecified atom stereocenters. The van der Waals surface area contributed by atoms with Crippen LogP contribution in [0.3, 0.4) is 0 Å². The zero-order valence-corrected chi connectivity index (χ0v) is 23.8. The van der Waals surface area contributed by atoms with E-state index in [0.29, 0.717) is 43.2 Å². The minimum absolute atomic E-state index is 0.0247. The third-order valence-corrected chi connectivity index (χ3v) is 8.62. The second-order valence-corrected chi connectivity index (χ2v) is 11.4. The molecule has 8 heteroatoms. The largest absolute Gasteiger partial charge is 0.385 e. The summed E-state index contributed by atoms with van der Waals surface area (Å²) in [6, 6.07) is 7.63. The van der Waals surface area contributed by atoms with Crippen LogP contribution in [-0.4, -0.2) is 75.7 Å². The summed E-state index contributed by atoms with van der Waals surface area (Å²) in [5, 5.41) is 19.3. The van der Waals surface area contributed by atoms with Crippen molar-refractivity contribution in [1.82, 2.24) is 15.5 Å². The van der Waals surface area contributed by atoms with Crippen LogP contribution in [0.15, 0.2) is 24.3 Å². The molecule has 7 nitrogen and oxygen atoms in total. The molecule has 3 N–H and O–H groups in total. The van der Waals surface area contributed by atoms with Gasteiger partial charge in [0, 0.05) is 57.4 Å². The van der Waals surface area contributed by atoms with Gasteiger partial charge >= 0.3 is 6.03 Å². The molecule has 1 saturated heterocycles. The fraction of sp³-hybridized carbons (Fsp3) is 0.759. The lowest BCUT2D eigenvalue weighted by molar-refractivity contribution is -0.0564. The minimum atomic E-state index is -1.04. The molecule has 1 aromatic rings. The number of likely N-dealkylation sites (tertiary alicyclic amines) is 1. The number of amides is 2. The number of likely N-dealkylation sites (N-methyl/N-ethyl adjacent to an activating group) is 1. The molecule has 1 aliphatic heterocycles. The summed E-state index contributed by atoms with van der Waals surface area (Å²) < 4.78 is 10.7. The Morgan fingerprint density at radius 3 is 2.68 bits per heavy atom. The first-order valence-electron chi connectivity index (χ1n) is 14.1. The maximum Gasteiger partial charge on any atom is 0.317 e. The third-order valence-electron chi connectivity index (χ3n) is 8.39. The van der Waals surface area contributed by atoms with Crippen LogP contribution in [0.1, 0.15) is 69.8 Å². The highest BCUT2D eigenvalue weighted by Gasteiger charge is 2.41. The van der Waals surface area contributed by atoms with Gasteiger partial charge in [-0.3, -0.25) is 0 Å². The number of benzene rings is 1. The molecule has 2 amide bonds. The lowest BCUT2D eigenvalue weighted by atomic mass is 9.74. The van der Waals surface area contributed by atoms with E-state index >= 15 is 0 Å². The summed E-state index contributed by atoms with van der Waals surface area (Å²) in [5.74, 6) is 0.555. The minimum Gasteiger partial charge on any atom is -0.385 e. The number of urea groups is 1. The molecule has 3 atom stereocenters. The van der Waals surface area contributed by atoms with Crippen molar-refractivity contribution in [2.24, 2.45) is 11.8 Å². The Balaban J connectivity index is 1.65. The van der Waals surface area contributed by atoms with E-state index in [2.05, 4.69) is 10.6 Å². The number of methoxy groups -OCH3 is 2. The van der Waals surface area contributed by atoms with E-state index in [1.165, 1.54) is 0 Å². The molecule has 1 saturated carbocycles. The van der Waals surface area contributed by atoms with E-state index in [4.69, 9.17) is 21.1 Å². The van der Waals surface area contributed by atoms with Crippen molar-refractivity contribution < 1.29 is 19.4 Å². The number of carbonyl (C=O) groups is 1. The van der Waals surface area contributed by atoms with Crippen LogP contribution in [0.4, 0.5) is 4.79 Å². The molecule has 0 aromatic heterocycles. The number of halogens is 1. The number of unbranched alkanes of at least 4 members (excludes halogenated alkanes) is 1. The highest BCUT2D eigenvalue weighted by atomic mass is 35.5. The predicted octanol–water partition coefficient (Wildman–Crippen LogP) is 4.95. The monoisotopic (exact) mass is 537 g/mol. The number of nitrogens with one attached hydrogen (secondary N) is 2. The van der Waals surface area contributed by atoms with Gasteiger partial charge in [0.25, 0.3) is 0 Å². The van der Waals surface area contributed by atoms with Crippen LogP contribution < -0.4 is 10.6 Å². The number of hydrogen-bond acceptors (Lipinski definition) is 5. The molecule has 210 valence electrons. The first-order valence-corrected chi connectivity index (χ1v) is 14.5. The highest BCUT2D eigenvalue weighted by Crippen LogP contribution is 2.40. The average molecular weight is 538 g/mol. The molecule has 0 bridgehead atoms. The van der Waals surface area contributed by atoms with Gasteiger partial charge < -0.3 is 30.1 Å². The number of ether oxygens (including phenoxy) is 2. The summed E-state index contributed by atoms with van der Waals surface area (Å²) in [5.41, 5.74) is -0.202. The maximum atomic E-state index is 13.4. The van der Waals surface area contributed by atoms with E-state index < -0.39 is 5.60 Å². The fourth-order valence-corrected chi connectivity index (χ4v) is 6.44. The van der Waals surface area contributed by atoms with Gasteiger partial charge in [-0.25, -0.2) is 4.79 Å². The van der Waals surface area contributed by atoms with Gasteiger partial charge in [0.2, 0.25) is 0 Å². The summed E-state index contributed by atoms with van der Waals surface area (Å²) in [4.78, 5) is 15.3. The van der Waals surface area contributed by atoms with E-state index in [9.17, 15) is 9.90 Å². The molecule has 2 aliphatic rings. The van der Waals surface area contributed by atoms with Gasteiger partial charge in [0.1, 0.15) is 0 Å². The van der Waals surface area contributed by atoms with Crippen molar-refractivity contribution in [3.8, 4) is 0 Å². The molecule has 2 fully saturated rings. The molecule has 0 spiro atoms. The quantitative estimate of drug-likeness (QED) is 0.310. The van der Waals surface area contributed by atoms with Crippen LogP contribution in [0.5, 0.6) is 0 Å². The van der Waals surface area contributed by atoms with Gasteiger partial charge in [-0.2, -0.15) is 0 Å². The number of piperidine rings is 1. The predicted molar refractivity (Wildman–Crippen MR) is 149 cm³/mol. The van der Waals surface area contributed by atoms with Crippen molar-refractivity contribution in [2.75, 3.05) is 47.5 Å². The first kappa shape index (κ1) is 30.2. The van der Waals surface area contributed by atoms with E-state index in [0.717, 1.165) is 69.9 Å². The van der Waals surface area contributed by atoms with E-state index in [1.807, 2.05) is 36.2 Å². The Kier molecular flexibility index (Phi) is 12.5. The SMILES string of the molecule is CNCC(CC1CCC(OC)CC1)NC(=O)N1CCCC(C(O)(CCCCOC)c2cccc(Cl)c2)C1. The van der Waals surface area contributed by atoms with Crippen molar-refractivity contribution in [1.29, 1.82) is 0 Å². The number of hydrogen-bond donors (Lipinski definition) is 3. The number of nitrogens with zero attached hydrogens (tertiary/aromatic N) is 1. The summed E-state index contributed by atoms with van der Waals surface area (Å²) in [6.07, 6.45) is 9.94. The summed E-state index contributed by atoms with van der Waals surface area (Å²) in [6.45, 7) is 2.66. The molecule has 37 heavy (non-hydrogen) atoms. The lowest BCUT2D eigenvalue weighted by Crippen LogP contribution is -2.54. The van der Waals surface area contributed by atoms with Gasteiger partial charge in [-0.05, 0) is 94.9 Å². The van der Waals surface area contributed by atoms with Crippen molar-refractivity contribution in [3.05, 3.63) is 34.9 Å². The molecule has 1 aromatic carbocycles. The normalized spacial score (nSPS) is 24.9. The van der Waals surface area contributed by atoms with Gasteiger partial charge in [0.05, 0.1) is 11.7 Å². The van der Waals surface area contributed by atoms with Crippen LogP contribution in [0.25, 0.3) is 0 Å². The van der Waals surface area contributed by atoms with E-state index in [-0.39, 0.29) is 18.0 Å². The second kappa shape index (κ2) is 15.3. The Morgan fingerprint density at radius 2 is 2.00 bits per heavy atom. The standard InChI is InChI=1S/C29H48ClN3O4/c1-31-20-26(18-22-11-13-27(37-3)14-12-22)32-28(34)33-16-7-9-24(21-33)29(35,15-4-5-17-36-2)23-8-6-10-25(30)19-23/h6,8,10,19,22,24,26-27,31,35H,4-5,7,9,11-18,20-21H2,1-3H3,(H,32,34). The molecule has 1 heterocycles. The number of aliphatic hydroxyl groups is 1. The highest BCUT2D eigenvalue weighted by molar-refractivity contribution is 6.30. The van der Waals surface area contributed by atoms with Crippen LogP contribution in [0, 0.1) is 11.8 Å². The molecule has 3 rings (SSSR count). The van der Waals surface area contributed by atoms with Crippen molar-refractivity contribution in [2.45, 2.75) is 82.0 Å². The summed E-state index contributed by atoms with van der Waals surface area (Å²) in [7, 11) is 5.44. The Morgan fingerprint density at radius 1 is 1.22 bits per heavy atom. The van der Waals surface area contributed by atoms with Gasteiger partial charge in [-0.1, -0.05) is 23.7 Å². The topological polar surface area (TPSA) is 83.1 Å². The molecule has 0 radical (unpaired) electrons. The van der Waals surface area contributed by atoms with Crippen LogP contribution in [0.2, 0.25) is 5.02 Å². The average Bonchev–Trinajstić information content (AvgIpc) is 2.91. The molecule has 1 aliphatic carbocycles. The number of rotatable bonds is 13. The zero-order valence-electron chi connectivity index (χ0n) is 23.0. The molecular formula is C29H48ClN3O4.